The number of methoxy groups -OCH3 is 2. The molecule has 1 amide bonds. The summed E-state index contributed by atoms with van der Waals surface area (Å²) in [7, 11) is 2.85. The molecule has 6 nitrogen and oxygen atoms in total. The van der Waals surface area contributed by atoms with Crippen LogP contribution in [0, 0.1) is 0 Å². The Morgan fingerprint density at radius 3 is 2.80 bits per heavy atom. The van der Waals surface area contributed by atoms with E-state index < -0.39 is 6.09 Å². The highest BCUT2D eigenvalue weighted by atomic mass is 16.5. The predicted octanol–water partition coefficient (Wildman–Crippen LogP) is 2.56. The second-order valence-electron chi connectivity index (χ2n) is 3.97. The lowest BCUT2D eigenvalue weighted by atomic mass is 10.2. The molecule has 0 unspecified atom stereocenters. The normalized spacial score (nSPS) is 10.3. The standard InChI is InChI=1S/C14H20N2O4/c1-4-5-8-20-12-7-6-11(9-13(12)18-2)10-15-16-14(17)19-3/h6-7,9-10H,4-5,8H2,1-3H3,(H,16,17)/b15-10-. The van der Waals surface area contributed by atoms with Gasteiger partial charge in [-0.15, -0.1) is 0 Å². The van der Waals surface area contributed by atoms with Crippen LogP contribution in [-0.4, -0.2) is 33.1 Å². The zero-order valence-electron chi connectivity index (χ0n) is 12.0. The van der Waals surface area contributed by atoms with Crippen LogP contribution in [0.2, 0.25) is 0 Å². The molecule has 1 N–H and O–H groups in total. The number of carbonyl (C=O) groups excluding carboxylic acids is 1. The molecule has 0 saturated carbocycles. The minimum absolute atomic E-state index is 0.618. The first-order valence-corrected chi connectivity index (χ1v) is 6.39. The summed E-state index contributed by atoms with van der Waals surface area (Å²) in [6.45, 7) is 2.76. The summed E-state index contributed by atoms with van der Waals surface area (Å²) in [6, 6.07) is 5.42. The molecular formula is C14H20N2O4. The number of hydrogen-bond acceptors (Lipinski definition) is 5. The lowest BCUT2D eigenvalue weighted by Gasteiger charge is -2.10. The van der Waals surface area contributed by atoms with Crippen molar-refractivity contribution in [2.24, 2.45) is 5.10 Å². The first kappa shape index (κ1) is 15.8. The summed E-state index contributed by atoms with van der Waals surface area (Å²) in [5.41, 5.74) is 2.99. The van der Waals surface area contributed by atoms with Gasteiger partial charge in [0.1, 0.15) is 0 Å². The second-order valence-corrected chi connectivity index (χ2v) is 3.97. The third-order valence-corrected chi connectivity index (χ3v) is 2.50. The van der Waals surface area contributed by atoms with Gasteiger partial charge in [0.05, 0.1) is 27.0 Å². The SMILES string of the molecule is CCCCOc1ccc(/C=N\NC(=O)OC)cc1OC. The molecule has 0 aromatic heterocycles. The molecule has 0 spiro atoms. The van der Waals surface area contributed by atoms with Gasteiger partial charge in [-0.2, -0.15) is 5.10 Å². The fraction of sp³-hybridized carbons (Fsp3) is 0.429. The summed E-state index contributed by atoms with van der Waals surface area (Å²) in [5.74, 6) is 1.32. The fourth-order valence-corrected chi connectivity index (χ4v) is 1.42. The summed E-state index contributed by atoms with van der Waals surface area (Å²) in [4.78, 5) is 10.8. The number of hydrogen-bond donors (Lipinski definition) is 1. The number of benzene rings is 1. The van der Waals surface area contributed by atoms with Gasteiger partial charge < -0.3 is 14.2 Å². The van der Waals surface area contributed by atoms with E-state index in [1.54, 1.807) is 13.2 Å². The van der Waals surface area contributed by atoms with Crippen LogP contribution in [0.15, 0.2) is 23.3 Å². The largest absolute Gasteiger partial charge is 0.493 e. The maximum atomic E-state index is 10.8. The van der Waals surface area contributed by atoms with Crippen molar-refractivity contribution in [3.05, 3.63) is 23.8 Å². The number of nitrogens with one attached hydrogen (secondary N) is 1. The topological polar surface area (TPSA) is 69.2 Å². The van der Waals surface area contributed by atoms with Gasteiger partial charge in [-0.1, -0.05) is 13.3 Å². The van der Waals surface area contributed by atoms with Crippen molar-refractivity contribution in [3.8, 4) is 11.5 Å². The van der Waals surface area contributed by atoms with Crippen LogP contribution in [0.5, 0.6) is 11.5 Å². The molecule has 0 saturated heterocycles. The van der Waals surface area contributed by atoms with Gasteiger partial charge in [0.2, 0.25) is 0 Å². The molecule has 0 aliphatic carbocycles. The summed E-state index contributed by atoms with van der Waals surface area (Å²) in [6.07, 6.45) is 2.95. The lowest BCUT2D eigenvalue weighted by Crippen LogP contribution is -2.16. The van der Waals surface area contributed by atoms with E-state index in [1.807, 2.05) is 12.1 Å². The van der Waals surface area contributed by atoms with Crippen LogP contribution >= 0.6 is 0 Å². The number of unbranched alkanes of at least 4 members (excludes halogenated alkanes) is 1. The van der Waals surface area contributed by atoms with Gasteiger partial charge in [-0.05, 0) is 30.2 Å². The van der Waals surface area contributed by atoms with Crippen molar-refractivity contribution >= 4 is 12.3 Å². The zero-order chi connectivity index (χ0) is 14.8. The average molecular weight is 280 g/mol. The van der Waals surface area contributed by atoms with Crippen molar-refractivity contribution in [3.63, 3.8) is 0 Å². The predicted molar refractivity (Wildman–Crippen MR) is 76.5 cm³/mol. The van der Waals surface area contributed by atoms with E-state index in [2.05, 4.69) is 22.2 Å². The van der Waals surface area contributed by atoms with E-state index in [1.165, 1.54) is 13.3 Å². The highest BCUT2D eigenvalue weighted by Crippen LogP contribution is 2.27. The van der Waals surface area contributed by atoms with Crippen LogP contribution in [0.3, 0.4) is 0 Å². The van der Waals surface area contributed by atoms with E-state index in [-0.39, 0.29) is 0 Å². The lowest BCUT2D eigenvalue weighted by molar-refractivity contribution is 0.171. The van der Waals surface area contributed by atoms with E-state index in [4.69, 9.17) is 9.47 Å². The van der Waals surface area contributed by atoms with Crippen LogP contribution in [0.1, 0.15) is 25.3 Å². The van der Waals surface area contributed by atoms with Crippen molar-refractivity contribution in [1.29, 1.82) is 0 Å². The Hall–Kier alpha value is -2.24. The van der Waals surface area contributed by atoms with Gasteiger partial charge in [-0.25, -0.2) is 10.2 Å². The minimum Gasteiger partial charge on any atom is -0.493 e. The molecule has 6 heteroatoms. The molecule has 0 bridgehead atoms. The van der Waals surface area contributed by atoms with Crippen LogP contribution < -0.4 is 14.9 Å². The Labute approximate surface area is 118 Å². The molecule has 20 heavy (non-hydrogen) atoms. The zero-order valence-corrected chi connectivity index (χ0v) is 12.0. The van der Waals surface area contributed by atoms with Crippen molar-refractivity contribution in [1.82, 2.24) is 5.43 Å². The molecule has 0 aliphatic heterocycles. The summed E-state index contributed by atoms with van der Waals surface area (Å²) in [5, 5.41) is 3.75. The maximum Gasteiger partial charge on any atom is 0.427 e. The molecule has 110 valence electrons. The van der Waals surface area contributed by atoms with Crippen LogP contribution in [-0.2, 0) is 4.74 Å². The molecule has 0 radical (unpaired) electrons. The number of carbonyl (C=O) groups is 1. The van der Waals surface area contributed by atoms with Gasteiger partial charge in [0.25, 0.3) is 0 Å². The third kappa shape index (κ3) is 5.17. The van der Waals surface area contributed by atoms with Crippen molar-refractivity contribution in [2.75, 3.05) is 20.8 Å². The molecule has 1 aromatic rings. The van der Waals surface area contributed by atoms with Crippen LogP contribution in [0.4, 0.5) is 4.79 Å². The fourth-order valence-electron chi connectivity index (χ4n) is 1.42. The third-order valence-electron chi connectivity index (χ3n) is 2.50. The molecule has 0 atom stereocenters. The molecule has 0 heterocycles. The van der Waals surface area contributed by atoms with E-state index in [0.717, 1.165) is 18.4 Å². The van der Waals surface area contributed by atoms with E-state index in [0.29, 0.717) is 18.1 Å². The molecule has 0 fully saturated rings. The average Bonchev–Trinajstić information content (AvgIpc) is 2.48. The van der Waals surface area contributed by atoms with Crippen molar-refractivity contribution < 1.29 is 19.0 Å². The number of ether oxygens (including phenoxy) is 3. The number of nitrogens with zero attached hydrogens (tertiary/aromatic N) is 1. The maximum absolute atomic E-state index is 10.8. The Kier molecular flexibility index (Phi) is 6.95. The molecular weight excluding hydrogens is 260 g/mol. The molecule has 1 rings (SSSR count). The van der Waals surface area contributed by atoms with Gasteiger partial charge in [0.15, 0.2) is 11.5 Å². The Morgan fingerprint density at radius 1 is 1.35 bits per heavy atom. The van der Waals surface area contributed by atoms with Gasteiger partial charge in [0, 0.05) is 0 Å². The Morgan fingerprint density at radius 2 is 2.15 bits per heavy atom. The van der Waals surface area contributed by atoms with Crippen molar-refractivity contribution in [2.45, 2.75) is 19.8 Å². The van der Waals surface area contributed by atoms with E-state index in [9.17, 15) is 4.79 Å². The highest BCUT2D eigenvalue weighted by Gasteiger charge is 2.04. The number of amides is 1. The summed E-state index contributed by atoms with van der Waals surface area (Å²) < 4.78 is 15.3. The number of hydrazone groups is 1. The monoisotopic (exact) mass is 280 g/mol. The smallest absolute Gasteiger partial charge is 0.427 e. The first-order chi connectivity index (χ1) is 9.71. The molecule has 1 aromatic carbocycles. The highest BCUT2D eigenvalue weighted by molar-refractivity contribution is 5.82. The first-order valence-electron chi connectivity index (χ1n) is 6.39. The quantitative estimate of drug-likeness (QED) is 0.473. The molecule has 0 aliphatic rings. The van der Waals surface area contributed by atoms with Gasteiger partial charge >= 0.3 is 6.09 Å². The van der Waals surface area contributed by atoms with Crippen LogP contribution in [0.25, 0.3) is 0 Å². The Bertz CT molecular complexity index is 460. The Balaban J connectivity index is 2.68. The van der Waals surface area contributed by atoms with Gasteiger partial charge in [-0.3, -0.25) is 0 Å². The minimum atomic E-state index is -0.618. The summed E-state index contributed by atoms with van der Waals surface area (Å²) >= 11 is 0. The van der Waals surface area contributed by atoms with E-state index >= 15 is 0 Å². The number of rotatable bonds is 7. The second kappa shape index (κ2) is 8.79.